The molecule has 0 spiro atoms. The molecule has 0 aliphatic carbocycles. The van der Waals surface area contributed by atoms with Gasteiger partial charge >= 0.3 is 10.1 Å². The number of hydrogen-bond donors (Lipinski definition) is 0. The van der Waals surface area contributed by atoms with Crippen LogP contribution >= 0.6 is 0 Å². The Morgan fingerprint density at radius 3 is 2.50 bits per heavy atom. The first-order valence-corrected chi connectivity index (χ1v) is 8.65. The third kappa shape index (κ3) is 2.25. The summed E-state index contributed by atoms with van der Waals surface area (Å²) in [4.78, 5) is -0.0420. The van der Waals surface area contributed by atoms with Gasteiger partial charge in [0.25, 0.3) is 0 Å². The van der Waals surface area contributed by atoms with Gasteiger partial charge in [-0.1, -0.05) is 23.4 Å². The summed E-state index contributed by atoms with van der Waals surface area (Å²) in [5.41, 5.74) is 1.67. The average Bonchev–Trinajstić information content (AvgIpc) is 3.07. The summed E-state index contributed by atoms with van der Waals surface area (Å²) < 4.78 is 40.9. The fraction of sp³-hybridized carbons (Fsp3) is 0.118. The molecule has 0 radical (unpaired) electrons. The number of aromatic nitrogens is 1. The molecule has 0 aliphatic rings. The van der Waals surface area contributed by atoms with Crippen molar-refractivity contribution in [2.45, 2.75) is 18.7 Å². The summed E-state index contributed by atoms with van der Waals surface area (Å²) in [6.45, 7) is 3.09. The molecule has 0 amide bonds. The van der Waals surface area contributed by atoms with Gasteiger partial charge in [0.1, 0.15) is 22.6 Å². The average molecular weight is 343 g/mol. The highest BCUT2D eigenvalue weighted by atomic mass is 32.2. The molecular weight excluding hydrogens is 330 g/mol. The maximum absolute atomic E-state index is 12.5. The molecule has 7 heteroatoms. The van der Waals surface area contributed by atoms with E-state index in [9.17, 15) is 8.42 Å². The van der Waals surface area contributed by atoms with Gasteiger partial charge in [-0.2, -0.15) is 8.42 Å². The molecule has 0 saturated heterocycles. The second kappa shape index (κ2) is 5.10. The van der Waals surface area contributed by atoms with Gasteiger partial charge in [0, 0.05) is 10.8 Å². The molecule has 0 N–H and O–H groups in total. The van der Waals surface area contributed by atoms with Crippen LogP contribution in [0.1, 0.15) is 11.5 Å². The zero-order chi connectivity index (χ0) is 16.9. The maximum Gasteiger partial charge on any atom is 0.344 e. The minimum atomic E-state index is -4.02. The number of hydrogen-bond acceptors (Lipinski definition) is 6. The third-order valence-corrected chi connectivity index (χ3v) is 5.27. The van der Waals surface area contributed by atoms with E-state index in [0.29, 0.717) is 5.58 Å². The second-order valence-electron chi connectivity index (χ2n) is 5.45. The summed E-state index contributed by atoms with van der Waals surface area (Å²) in [5.74, 6) is 0.399. The topological polar surface area (TPSA) is 82.5 Å². The summed E-state index contributed by atoms with van der Waals surface area (Å²) in [6.07, 6.45) is 0. The summed E-state index contributed by atoms with van der Waals surface area (Å²) >= 11 is 0. The summed E-state index contributed by atoms with van der Waals surface area (Å²) in [5, 5.41) is 5.34. The molecule has 0 atom stereocenters. The van der Waals surface area contributed by atoms with Gasteiger partial charge in [0.2, 0.25) is 0 Å². The molecule has 0 fully saturated rings. The van der Waals surface area contributed by atoms with Crippen LogP contribution in [0.2, 0.25) is 0 Å². The van der Waals surface area contributed by atoms with Crippen LogP contribution in [0.25, 0.3) is 21.9 Å². The fourth-order valence-electron chi connectivity index (χ4n) is 2.76. The summed E-state index contributed by atoms with van der Waals surface area (Å²) in [6, 6.07) is 12.4. The molecule has 4 aromatic rings. The zero-order valence-corrected chi connectivity index (χ0v) is 13.8. The molecule has 0 saturated carbocycles. The van der Waals surface area contributed by atoms with Crippen LogP contribution in [-0.4, -0.2) is 13.6 Å². The van der Waals surface area contributed by atoms with Gasteiger partial charge in [-0.15, -0.1) is 0 Å². The van der Waals surface area contributed by atoms with Crippen LogP contribution in [0.15, 0.2) is 56.3 Å². The molecular formula is C17H13NO5S. The minimum Gasteiger partial charge on any atom is -0.456 e. The normalized spacial score (nSPS) is 12.1. The molecule has 4 rings (SSSR count). The molecule has 0 unspecified atom stereocenters. The van der Waals surface area contributed by atoms with Gasteiger partial charge < -0.3 is 13.1 Å². The standard InChI is InChI=1S/C17H13NO5S/c1-10-17(11(2)22-18-10)24(19,20)23-12-7-8-16-14(9-12)13-5-3-4-6-15(13)21-16/h3-9H,1-2H3. The zero-order valence-electron chi connectivity index (χ0n) is 12.9. The molecule has 24 heavy (non-hydrogen) atoms. The van der Waals surface area contributed by atoms with Crippen LogP contribution in [-0.2, 0) is 10.1 Å². The molecule has 2 aromatic heterocycles. The number of nitrogens with zero attached hydrogens (tertiary/aromatic N) is 1. The van der Waals surface area contributed by atoms with E-state index in [4.69, 9.17) is 13.1 Å². The van der Waals surface area contributed by atoms with Crippen molar-refractivity contribution in [3.8, 4) is 5.75 Å². The number of benzene rings is 2. The SMILES string of the molecule is Cc1noc(C)c1S(=O)(=O)Oc1ccc2oc3ccccc3c2c1. The van der Waals surface area contributed by atoms with Crippen molar-refractivity contribution >= 4 is 32.1 Å². The lowest BCUT2D eigenvalue weighted by Crippen LogP contribution is -2.11. The molecule has 0 bridgehead atoms. The molecule has 2 aromatic carbocycles. The van der Waals surface area contributed by atoms with Crippen molar-refractivity contribution in [2.24, 2.45) is 0 Å². The first-order valence-electron chi connectivity index (χ1n) is 7.24. The van der Waals surface area contributed by atoms with E-state index < -0.39 is 10.1 Å². The van der Waals surface area contributed by atoms with Gasteiger partial charge in [-0.25, -0.2) is 0 Å². The summed E-state index contributed by atoms with van der Waals surface area (Å²) in [7, 11) is -4.02. The van der Waals surface area contributed by atoms with E-state index in [1.807, 2.05) is 24.3 Å². The van der Waals surface area contributed by atoms with Crippen LogP contribution in [0.3, 0.4) is 0 Å². The smallest absolute Gasteiger partial charge is 0.344 e. The Morgan fingerprint density at radius 2 is 1.75 bits per heavy atom. The van der Waals surface area contributed by atoms with E-state index >= 15 is 0 Å². The number of fused-ring (bicyclic) bond motifs is 3. The number of rotatable bonds is 3. The lowest BCUT2D eigenvalue weighted by Gasteiger charge is -2.06. The molecule has 122 valence electrons. The largest absolute Gasteiger partial charge is 0.456 e. The second-order valence-corrected chi connectivity index (χ2v) is 6.93. The van der Waals surface area contributed by atoms with Gasteiger partial charge in [0.05, 0.1) is 0 Å². The number of furan rings is 1. The van der Waals surface area contributed by atoms with Gasteiger partial charge in [0.15, 0.2) is 10.7 Å². The van der Waals surface area contributed by atoms with Crippen molar-refractivity contribution in [1.82, 2.24) is 5.16 Å². The lowest BCUT2D eigenvalue weighted by atomic mass is 10.1. The lowest BCUT2D eigenvalue weighted by molar-refractivity contribution is 0.390. The quantitative estimate of drug-likeness (QED) is 0.524. The van der Waals surface area contributed by atoms with Crippen LogP contribution in [0.4, 0.5) is 0 Å². The van der Waals surface area contributed by atoms with Crippen LogP contribution in [0, 0.1) is 13.8 Å². The molecule has 0 aliphatic heterocycles. The first kappa shape index (κ1) is 14.8. The van der Waals surface area contributed by atoms with E-state index in [0.717, 1.165) is 16.4 Å². The number of aryl methyl sites for hydroxylation is 2. The van der Waals surface area contributed by atoms with Crippen LogP contribution in [0.5, 0.6) is 5.75 Å². The minimum absolute atomic E-state index is 0.0420. The van der Waals surface area contributed by atoms with E-state index in [2.05, 4.69) is 5.16 Å². The highest BCUT2D eigenvalue weighted by molar-refractivity contribution is 7.87. The monoisotopic (exact) mass is 343 g/mol. The van der Waals surface area contributed by atoms with E-state index in [1.54, 1.807) is 25.1 Å². The third-order valence-electron chi connectivity index (χ3n) is 3.77. The highest BCUT2D eigenvalue weighted by Gasteiger charge is 2.26. The van der Waals surface area contributed by atoms with Gasteiger partial charge in [-0.05, 0) is 38.1 Å². The van der Waals surface area contributed by atoms with E-state index in [-0.39, 0.29) is 22.1 Å². The van der Waals surface area contributed by atoms with Gasteiger partial charge in [-0.3, -0.25) is 0 Å². The Balaban J connectivity index is 1.81. The van der Waals surface area contributed by atoms with Crippen molar-refractivity contribution in [1.29, 1.82) is 0 Å². The Bertz CT molecular complexity index is 1150. The predicted octanol–water partition coefficient (Wildman–Crippen LogP) is 3.96. The van der Waals surface area contributed by atoms with Crippen molar-refractivity contribution in [3.63, 3.8) is 0 Å². The van der Waals surface area contributed by atoms with Crippen molar-refractivity contribution < 1.29 is 21.5 Å². The van der Waals surface area contributed by atoms with Crippen LogP contribution < -0.4 is 4.18 Å². The Morgan fingerprint density at radius 1 is 1.00 bits per heavy atom. The fourth-order valence-corrected chi connectivity index (χ4v) is 3.99. The Kier molecular flexibility index (Phi) is 3.14. The number of para-hydroxylation sites is 1. The first-order chi connectivity index (χ1) is 11.5. The Labute approximate surface area is 137 Å². The highest BCUT2D eigenvalue weighted by Crippen LogP contribution is 2.32. The Hall–Kier alpha value is -2.80. The van der Waals surface area contributed by atoms with Crippen molar-refractivity contribution in [2.75, 3.05) is 0 Å². The predicted molar refractivity (Wildman–Crippen MR) is 87.5 cm³/mol. The molecule has 2 heterocycles. The van der Waals surface area contributed by atoms with E-state index in [1.165, 1.54) is 6.92 Å². The van der Waals surface area contributed by atoms with Crippen molar-refractivity contribution in [3.05, 3.63) is 53.9 Å². The molecule has 6 nitrogen and oxygen atoms in total. The maximum atomic E-state index is 12.5.